The van der Waals surface area contributed by atoms with E-state index in [4.69, 9.17) is 4.99 Å². The normalized spacial score (nSPS) is 14.0. The van der Waals surface area contributed by atoms with E-state index in [1.54, 1.807) is 0 Å². The number of aliphatic imine (C=N–C) groups is 1. The Kier molecular flexibility index (Phi) is 8.57. The highest BCUT2D eigenvalue weighted by molar-refractivity contribution is 6.22. The molecule has 1 atom stereocenters. The summed E-state index contributed by atoms with van der Waals surface area (Å²) in [7, 11) is 0. The zero-order valence-electron chi connectivity index (χ0n) is 33.8. The third-order valence-electron chi connectivity index (χ3n) is 12.5. The number of fused-ring (bicyclic) bond motifs is 6. The molecule has 12 rings (SSSR count). The Balaban J connectivity index is 1.04. The Morgan fingerprint density at radius 1 is 0.371 bits per heavy atom. The van der Waals surface area contributed by atoms with Gasteiger partial charge in [0.15, 0.2) is 0 Å². The van der Waals surface area contributed by atoms with Crippen LogP contribution < -0.4 is 5.32 Å². The maximum absolute atomic E-state index is 5.53. The van der Waals surface area contributed by atoms with Gasteiger partial charge in [0.05, 0.1) is 11.7 Å². The highest BCUT2D eigenvalue weighted by Gasteiger charge is 2.23. The molecule has 0 saturated heterocycles. The monoisotopic (exact) mass is 789 g/mol. The number of amidine groups is 1. The minimum Gasteiger partial charge on any atom is -0.359 e. The van der Waals surface area contributed by atoms with Crippen molar-refractivity contribution in [2.75, 3.05) is 0 Å². The fourth-order valence-electron chi connectivity index (χ4n) is 9.64. The first-order chi connectivity index (χ1) is 30.7. The molecule has 2 heterocycles. The second-order valence-electron chi connectivity index (χ2n) is 16.2. The smallest absolute Gasteiger partial charge is 0.134 e. The van der Waals surface area contributed by atoms with E-state index >= 15 is 0 Å². The zero-order chi connectivity index (χ0) is 41.0. The van der Waals surface area contributed by atoms with Crippen molar-refractivity contribution in [3.8, 4) is 33.4 Å². The summed E-state index contributed by atoms with van der Waals surface area (Å²) in [5.74, 6) is 0.833. The van der Waals surface area contributed by atoms with Crippen LogP contribution in [0.4, 0.5) is 0 Å². The van der Waals surface area contributed by atoms with Gasteiger partial charge >= 0.3 is 0 Å². The van der Waals surface area contributed by atoms with Gasteiger partial charge in [-0.15, -0.1) is 0 Å². The Hall–Kier alpha value is -8.14. The average Bonchev–Trinajstić information content (AvgIpc) is 3.35. The highest BCUT2D eigenvalue weighted by atomic mass is 15.0. The first-order valence-electron chi connectivity index (χ1n) is 21.3. The minimum atomic E-state index is -0.147. The fraction of sp³-hybridized carbons (Fsp3) is 0.0169. The van der Waals surface area contributed by atoms with Gasteiger partial charge in [-0.3, -0.25) is 4.98 Å². The standard InChI is InChI=1S/C59H39N3/c1-2-15-39-33-44(30-29-38(39)14-1)58-52-27-9-7-25-50(52)57(51-26-8-10-28-53(51)58)43-19-12-20-45(34-43)59-61-55(42-18-11-17-40(32-42)46-21-13-31-60-37-46)36-56(62-59)54-35-41-16-3-4-22-47(41)48-23-5-6-24-49(48)54/h1-37,55H,(H,61,62). The molecule has 0 fully saturated rings. The summed E-state index contributed by atoms with van der Waals surface area (Å²) < 4.78 is 0. The van der Waals surface area contributed by atoms with E-state index in [1.807, 2.05) is 18.5 Å². The number of nitrogens with one attached hydrogen (secondary N) is 1. The number of hydrogen-bond donors (Lipinski definition) is 1. The lowest BCUT2D eigenvalue weighted by atomic mass is 9.85. The lowest BCUT2D eigenvalue weighted by molar-refractivity contribution is 0.781. The number of aromatic nitrogens is 1. The van der Waals surface area contributed by atoms with Crippen molar-refractivity contribution < 1.29 is 0 Å². The Morgan fingerprint density at radius 2 is 0.952 bits per heavy atom. The molecule has 62 heavy (non-hydrogen) atoms. The van der Waals surface area contributed by atoms with Crippen LogP contribution in [-0.4, -0.2) is 10.8 Å². The van der Waals surface area contributed by atoms with Crippen LogP contribution in [-0.2, 0) is 0 Å². The summed E-state index contributed by atoms with van der Waals surface area (Å²) in [6, 6.07) is 74.6. The van der Waals surface area contributed by atoms with E-state index in [9.17, 15) is 0 Å². The lowest BCUT2D eigenvalue weighted by Crippen LogP contribution is -2.31. The van der Waals surface area contributed by atoms with Crippen LogP contribution in [0.2, 0.25) is 0 Å². The number of rotatable bonds is 6. The first kappa shape index (κ1) is 35.8. The molecule has 0 aliphatic carbocycles. The van der Waals surface area contributed by atoms with Gasteiger partial charge in [-0.05, 0) is 129 Å². The van der Waals surface area contributed by atoms with Crippen LogP contribution in [0.25, 0.3) is 92.9 Å². The van der Waals surface area contributed by atoms with Crippen molar-refractivity contribution in [2.24, 2.45) is 4.99 Å². The Morgan fingerprint density at radius 3 is 1.68 bits per heavy atom. The van der Waals surface area contributed by atoms with Crippen LogP contribution in [0.1, 0.15) is 22.7 Å². The minimum absolute atomic E-state index is 0.147. The number of nitrogens with zero attached hydrogens (tertiary/aromatic N) is 2. The molecule has 290 valence electrons. The molecule has 0 radical (unpaired) electrons. The highest BCUT2D eigenvalue weighted by Crippen LogP contribution is 2.45. The largest absolute Gasteiger partial charge is 0.359 e. The SMILES string of the molecule is C1=C(c2cc3ccccc3c3ccccc23)N=C(c2cccc(-c3c4ccccc4c(-c4ccc5ccccc5c4)c4ccccc34)c2)NC1c1cccc(-c2cccnc2)c1. The summed E-state index contributed by atoms with van der Waals surface area (Å²) in [4.78, 5) is 9.95. The second-order valence-corrected chi connectivity index (χ2v) is 16.2. The van der Waals surface area contributed by atoms with Gasteiger partial charge in [0, 0.05) is 23.5 Å². The van der Waals surface area contributed by atoms with Crippen molar-refractivity contribution in [3.63, 3.8) is 0 Å². The molecular formula is C59H39N3. The van der Waals surface area contributed by atoms with Gasteiger partial charge in [0.25, 0.3) is 0 Å². The molecular weight excluding hydrogens is 751 g/mol. The van der Waals surface area contributed by atoms with Crippen molar-refractivity contribution in [2.45, 2.75) is 6.04 Å². The molecule has 0 bridgehead atoms. The van der Waals surface area contributed by atoms with Gasteiger partial charge in [0.2, 0.25) is 0 Å². The van der Waals surface area contributed by atoms with Gasteiger partial charge in [0.1, 0.15) is 5.84 Å². The molecule has 0 spiro atoms. The third-order valence-corrected chi connectivity index (χ3v) is 12.5. The molecule has 11 aromatic rings. The van der Waals surface area contributed by atoms with Crippen molar-refractivity contribution in [3.05, 3.63) is 241 Å². The number of benzene rings is 10. The summed E-state index contributed by atoms with van der Waals surface area (Å²) in [5.41, 5.74) is 11.3. The maximum Gasteiger partial charge on any atom is 0.134 e. The molecule has 1 aromatic heterocycles. The molecule has 1 unspecified atom stereocenters. The first-order valence-corrected chi connectivity index (χ1v) is 21.3. The van der Waals surface area contributed by atoms with E-state index < -0.39 is 0 Å². The Bertz CT molecular complexity index is 3560. The van der Waals surface area contributed by atoms with Gasteiger partial charge < -0.3 is 5.32 Å². The topological polar surface area (TPSA) is 37.3 Å². The lowest BCUT2D eigenvalue weighted by Gasteiger charge is -2.26. The zero-order valence-corrected chi connectivity index (χ0v) is 33.8. The molecule has 1 aliphatic rings. The predicted molar refractivity (Wildman–Crippen MR) is 261 cm³/mol. The van der Waals surface area contributed by atoms with E-state index in [-0.39, 0.29) is 6.04 Å². The molecule has 10 aromatic carbocycles. The van der Waals surface area contributed by atoms with Crippen molar-refractivity contribution in [1.82, 2.24) is 10.3 Å². The molecule has 1 N–H and O–H groups in total. The number of pyridine rings is 1. The summed E-state index contributed by atoms with van der Waals surface area (Å²) in [6.07, 6.45) is 6.04. The van der Waals surface area contributed by atoms with Gasteiger partial charge in [-0.1, -0.05) is 176 Å². The fourth-order valence-corrected chi connectivity index (χ4v) is 9.64. The second kappa shape index (κ2) is 14.8. The van der Waals surface area contributed by atoms with Crippen LogP contribution in [0.5, 0.6) is 0 Å². The van der Waals surface area contributed by atoms with Crippen LogP contribution in [0, 0.1) is 0 Å². The Labute approximate surface area is 360 Å². The van der Waals surface area contributed by atoms with Crippen LogP contribution in [0.15, 0.2) is 230 Å². The summed E-state index contributed by atoms with van der Waals surface area (Å²) >= 11 is 0. The van der Waals surface area contributed by atoms with Gasteiger partial charge in [-0.2, -0.15) is 0 Å². The van der Waals surface area contributed by atoms with Crippen LogP contribution in [0.3, 0.4) is 0 Å². The van der Waals surface area contributed by atoms with Crippen LogP contribution >= 0.6 is 0 Å². The predicted octanol–water partition coefficient (Wildman–Crippen LogP) is 15.0. The van der Waals surface area contributed by atoms with E-state index in [1.165, 1.54) is 70.6 Å². The maximum atomic E-state index is 5.53. The number of hydrogen-bond acceptors (Lipinski definition) is 3. The quantitative estimate of drug-likeness (QED) is 0.135. The average molecular weight is 790 g/mol. The molecule has 3 heteroatoms. The van der Waals surface area contributed by atoms with Crippen molar-refractivity contribution in [1.29, 1.82) is 0 Å². The molecule has 0 amide bonds. The van der Waals surface area contributed by atoms with Gasteiger partial charge in [-0.25, -0.2) is 4.99 Å². The molecule has 3 nitrogen and oxygen atoms in total. The van der Waals surface area contributed by atoms with E-state index in [2.05, 4.69) is 217 Å². The van der Waals surface area contributed by atoms with Crippen molar-refractivity contribution >= 4 is 65.4 Å². The third kappa shape index (κ3) is 6.14. The van der Waals surface area contributed by atoms with E-state index in [0.717, 1.165) is 44.9 Å². The van der Waals surface area contributed by atoms with E-state index in [0.29, 0.717) is 0 Å². The summed E-state index contributed by atoms with van der Waals surface area (Å²) in [6.45, 7) is 0. The molecule has 0 saturated carbocycles. The summed E-state index contributed by atoms with van der Waals surface area (Å²) in [5, 5.41) is 16.1. The molecule has 1 aliphatic heterocycles.